The van der Waals surface area contributed by atoms with E-state index in [2.05, 4.69) is 74.2 Å². The molecule has 3 aromatic rings. The van der Waals surface area contributed by atoms with Gasteiger partial charge in [0, 0.05) is 0 Å². The minimum absolute atomic E-state index is 0.989. The maximum Gasteiger partial charge on any atom is 0.242 e. The Kier molecular flexibility index (Phi) is 2.83. The number of hydrogen-bond acceptors (Lipinski definition) is 1. The van der Waals surface area contributed by atoms with Crippen LogP contribution in [0.4, 0.5) is 0 Å². The highest BCUT2D eigenvalue weighted by Gasteiger charge is 2.16. The maximum atomic E-state index is 6.10. The fourth-order valence-corrected chi connectivity index (χ4v) is 3.23. The number of fused-ring (bicyclic) bond motifs is 3. The zero-order valence-corrected chi connectivity index (χ0v) is 12.6. The first kappa shape index (κ1) is 12.2. The van der Waals surface area contributed by atoms with E-state index in [4.69, 9.17) is 4.43 Å². The van der Waals surface area contributed by atoms with Gasteiger partial charge in [-0.2, -0.15) is 0 Å². The Balaban J connectivity index is 2.22. The predicted molar refractivity (Wildman–Crippen MR) is 85.4 cm³/mol. The molecule has 3 rings (SSSR count). The number of benzene rings is 3. The van der Waals surface area contributed by atoms with Gasteiger partial charge < -0.3 is 4.43 Å². The van der Waals surface area contributed by atoms with Crippen LogP contribution in [0, 0.1) is 0 Å². The van der Waals surface area contributed by atoms with Gasteiger partial charge in [0.05, 0.1) is 0 Å². The number of rotatable bonds is 2. The smallest absolute Gasteiger partial charge is 0.242 e. The van der Waals surface area contributed by atoms with E-state index >= 15 is 0 Å². The van der Waals surface area contributed by atoms with Crippen molar-refractivity contribution in [2.75, 3.05) is 0 Å². The molecule has 0 N–H and O–H groups in total. The van der Waals surface area contributed by atoms with Crippen molar-refractivity contribution >= 4 is 29.9 Å². The molecule has 0 unspecified atom stereocenters. The van der Waals surface area contributed by atoms with Crippen molar-refractivity contribution in [3.05, 3.63) is 54.6 Å². The van der Waals surface area contributed by atoms with Gasteiger partial charge in [0.2, 0.25) is 8.32 Å². The molecule has 0 radical (unpaired) electrons. The Morgan fingerprint density at radius 1 is 0.737 bits per heavy atom. The Morgan fingerprint density at radius 2 is 1.37 bits per heavy atom. The first-order chi connectivity index (χ1) is 9.03. The molecule has 3 aromatic carbocycles. The van der Waals surface area contributed by atoms with Crippen molar-refractivity contribution in [2.24, 2.45) is 0 Å². The van der Waals surface area contributed by atoms with E-state index in [0.29, 0.717) is 0 Å². The standard InChI is InChI=1S/C17H18OSi/c1-19(2,3)18-15-11-10-14-9-8-13-6-4-5-7-16(13)17(14)12-15/h4-12H,1-3H3. The minimum atomic E-state index is -1.55. The van der Waals surface area contributed by atoms with Crippen LogP contribution in [0.2, 0.25) is 19.6 Å². The van der Waals surface area contributed by atoms with Crippen molar-refractivity contribution in [1.82, 2.24) is 0 Å². The second-order valence-electron chi connectivity index (χ2n) is 5.88. The molecule has 0 fully saturated rings. The average molecular weight is 266 g/mol. The molecule has 0 aliphatic carbocycles. The molecule has 0 amide bonds. The summed E-state index contributed by atoms with van der Waals surface area (Å²) in [5.41, 5.74) is 0. The second kappa shape index (κ2) is 4.39. The molecule has 1 nitrogen and oxygen atoms in total. The first-order valence-corrected chi connectivity index (χ1v) is 10.0. The normalized spacial score (nSPS) is 11.9. The summed E-state index contributed by atoms with van der Waals surface area (Å²) in [4.78, 5) is 0. The molecule has 0 saturated heterocycles. The van der Waals surface area contributed by atoms with E-state index < -0.39 is 8.32 Å². The fraction of sp³-hybridized carbons (Fsp3) is 0.176. The summed E-state index contributed by atoms with van der Waals surface area (Å²) in [7, 11) is -1.55. The van der Waals surface area contributed by atoms with E-state index in [1.165, 1.54) is 21.5 Å². The third-order valence-electron chi connectivity index (χ3n) is 3.14. The summed E-state index contributed by atoms with van der Waals surface area (Å²) >= 11 is 0. The molecule has 0 atom stereocenters. The fourth-order valence-electron chi connectivity index (χ4n) is 2.40. The van der Waals surface area contributed by atoms with E-state index in [0.717, 1.165) is 5.75 Å². The predicted octanol–water partition coefficient (Wildman–Crippen LogP) is 5.21. The molecule has 96 valence electrons. The highest BCUT2D eigenvalue weighted by molar-refractivity contribution is 6.70. The zero-order chi connectivity index (χ0) is 13.5. The van der Waals surface area contributed by atoms with Gasteiger partial charge in [-0.1, -0.05) is 42.5 Å². The third kappa shape index (κ3) is 2.49. The van der Waals surface area contributed by atoms with Crippen LogP contribution in [-0.4, -0.2) is 8.32 Å². The lowest BCUT2D eigenvalue weighted by atomic mass is 10.0. The van der Waals surface area contributed by atoms with Crippen LogP contribution in [0.3, 0.4) is 0 Å². The van der Waals surface area contributed by atoms with Crippen molar-refractivity contribution < 1.29 is 4.43 Å². The molecular weight excluding hydrogens is 248 g/mol. The van der Waals surface area contributed by atoms with Crippen LogP contribution >= 0.6 is 0 Å². The Bertz CT molecular complexity index is 741. The zero-order valence-electron chi connectivity index (χ0n) is 11.6. The van der Waals surface area contributed by atoms with Gasteiger partial charge in [0.15, 0.2) is 0 Å². The van der Waals surface area contributed by atoms with Crippen LogP contribution in [0.5, 0.6) is 5.75 Å². The summed E-state index contributed by atoms with van der Waals surface area (Å²) in [6.07, 6.45) is 0. The van der Waals surface area contributed by atoms with E-state index in [1.807, 2.05) is 0 Å². The molecule has 19 heavy (non-hydrogen) atoms. The van der Waals surface area contributed by atoms with Gasteiger partial charge in [-0.25, -0.2) is 0 Å². The van der Waals surface area contributed by atoms with Gasteiger partial charge in [-0.3, -0.25) is 0 Å². The topological polar surface area (TPSA) is 9.23 Å². The monoisotopic (exact) mass is 266 g/mol. The van der Waals surface area contributed by atoms with Gasteiger partial charge in [0.25, 0.3) is 0 Å². The second-order valence-corrected chi connectivity index (χ2v) is 10.3. The molecule has 0 heterocycles. The van der Waals surface area contributed by atoms with Gasteiger partial charge in [0.1, 0.15) is 5.75 Å². The van der Waals surface area contributed by atoms with Gasteiger partial charge in [-0.15, -0.1) is 0 Å². The van der Waals surface area contributed by atoms with Crippen LogP contribution < -0.4 is 4.43 Å². The SMILES string of the molecule is C[Si](C)(C)Oc1ccc2ccc3ccccc3c2c1. The lowest BCUT2D eigenvalue weighted by molar-refractivity contribution is 0.559. The molecule has 2 heteroatoms. The first-order valence-electron chi connectivity index (χ1n) is 6.63. The van der Waals surface area contributed by atoms with Crippen molar-refractivity contribution in [3.8, 4) is 5.75 Å². The van der Waals surface area contributed by atoms with Crippen molar-refractivity contribution in [2.45, 2.75) is 19.6 Å². The molecule has 0 aliphatic rings. The Labute approximate surface area is 115 Å². The summed E-state index contributed by atoms with van der Waals surface area (Å²) < 4.78 is 6.10. The van der Waals surface area contributed by atoms with E-state index in [9.17, 15) is 0 Å². The molecular formula is C17H18OSi. The highest BCUT2D eigenvalue weighted by Crippen LogP contribution is 2.29. The Morgan fingerprint density at radius 3 is 2.11 bits per heavy atom. The number of hydrogen-bond donors (Lipinski definition) is 0. The largest absolute Gasteiger partial charge is 0.544 e. The quantitative estimate of drug-likeness (QED) is 0.457. The van der Waals surface area contributed by atoms with E-state index in [1.54, 1.807) is 0 Å². The Hall–Kier alpha value is -1.80. The van der Waals surface area contributed by atoms with Crippen LogP contribution in [0.1, 0.15) is 0 Å². The molecule has 0 aliphatic heterocycles. The average Bonchev–Trinajstić information content (AvgIpc) is 2.37. The molecule has 0 aromatic heterocycles. The van der Waals surface area contributed by atoms with Gasteiger partial charge >= 0.3 is 0 Å². The summed E-state index contributed by atoms with van der Waals surface area (Å²) in [6.45, 7) is 6.63. The summed E-state index contributed by atoms with van der Waals surface area (Å²) in [6, 6.07) is 19.3. The summed E-state index contributed by atoms with van der Waals surface area (Å²) in [5, 5.41) is 5.11. The lowest BCUT2D eigenvalue weighted by Crippen LogP contribution is -2.29. The van der Waals surface area contributed by atoms with Crippen LogP contribution in [0.15, 0.2) is 54.6 Å². The lowest BCUT2D eigenvalue weighted by Gasteiger charge is -2.19. The highest BCUT2D eigenvalue weighted by atomic mass is 28.4. The third-order valence-corrected chi connectivity index (χ3v) is 3.99. The van der Waals surface area contributed by atoms with Crippen molar-refractivity contribution in [3.63, 3.8) is 0 Å². The van der Waals surface area contributed by atoms with Crippen molar-refractivity contribution in [1.29, 1.82) is 0 Å². The molecule has 0 bridgehead atoms. The van der Waals surface area contributed by atoms with E-state index in [-0.39, 0.29) is 0 Å². The summed E-state index contributed by atoms with van der Waals surface area (Å²) in [5.74, 6) is 0.989. The molecule has 0 saturated carbocycles. The van der Waals surface area contributed by atoms with Crippen LogP contribution in [0.25, 0.3) is 21.5 Å². The van der Waals surface area contributed by atoms with Gasteiger partial charge in [-0.05, 0) is 53.3 Å². The maximum absolute atomic E-state index is 6.10. The minimum Gasteiger partial charge on any atom is -0.544 e. The van der Waals surface area contributed by atoms with Crippen LogP contribution in [-0.2, 0) is 0 Å². The molecule has 0 spiro atoms.